The Labute approximate surface area is 144 Å². The number of nitrogens with zero attached hydrogens (tertiary/aromatic N) is 1. The van der Waals surface area contributed by atoms with Gasteiger partial charge in [0.05, 0.1) is 6.26 Å². The van der Waals surface area contributed by atoms with Gasteiger partial charge in [-0.15, -0.1) is 0 Å². The summed E-state index contributed by atoms with van der Waals surface area (Å²) >= 11 is 0. The molecule has 0 unspecified atom stereocenters. The average Bonchev–Trinajstić information content (AvgIpc) is 3.01. The first kappa shape index (κ1) is 20.0. The monoisotopic (exact) mass is 338 g/mol. The highest BCUT2D eigenvalue weighted by Gasteiger charge is 2.11. The first-order chi connectivity index (χ1) is 11.7. The first-order valence-electron chi connectivity index (χ1n) is 8.53. The fourth-order valence-corrected chi connectivity index (χ4v) is 2.08. The van der Waals surface area contributed by atoms with E-state index in [2.05, 4.69) is 20.9 Å². The van der Waals surface area contributed by atoms with Crippen LogP contribution < -0.4 is 16.0 Å². The maximum absolute atomic E-state index is 11.9. The van der Waals surface area contributed by atoms with Crippen molar-refractivity contribution in [1.29, 1.82) is 0 Å². The Balaban J connectivity index is 2.06. The second-order valence-corrected chi connectivity index (χ2v) is 5.37. The molecule has 0 bridgehead atoms. The number of aliphatic imine (C=N–C) groups is 1. The zero-order valence-electron chi connectivity index (χ0n) is 15.0. The van der Waals surface area contributed by atoms with Gasteiger partial charge in [-0.25, -0.2) is 0 Å². The molecule has 0 aromatic carbocycles. The SMILES string of the molecule is CCOCCCCNC(=NC)NCCCNC(=O)c1occc1C. The summed E-state index contributed by atoms with van der Waals surface area (Å²) < 4.78 is 10.4. The van der Waals surface area contributed by atoms with Crippen LogP contribution in [0, 0.1) is 6.92 Å². The number of aryl methyl sites for hydroxylation is 1. The molecule has 24 heavy (non-hydrogen) atoms. The smallest absolute Gasteiger partial charge is 0.287 e. The van der Waals surface area contributed by atoms with E-state index in [1.54, 1.807) is 13.1 Å². The van der Waals surface area contributed by atoms with Crippen LogP contribution in [0.5, 0.6) is 0 Å². The lowest BCUT2D eigenvalue weighted by atomic mass is 10.2. The lowest BCUT2D eigenvalue weighted by Crippen LogP contribution is -2.39. The van der Waals surface area contributed by atoms with Crippen LogP contribution in [-0.2, 0) is 4.74 Å². The minimum Gasteiger partial charge on any atom is -0.459 e. The van der Waals surface area contributed by atoms with E-state index in [1.165, 1.54) is 6.26 Å². The third-order valence-electron chi connectivity index (χ3n) is 3.44. The topological polar surface area (TPSA) is 87.9 Å². The van der Waals surface area contributed by atoms with Crippen LogP contribution in [0.3, 0.4) is 0 Å². The van der Waals surface area contributed by atoms with Gasteiger partial charge in [0.25, 0.3) is 5.91 Å². The maximum Gasteiger partial charge on any atom is 0.287 e. The Morgan fingerprint density at radius 3 is 2.50 bits per heavy atom. The molecule has 0 saturated carbocycles. The van der Waals surface area contributed by atoms with Gasteiger partial charge in [-0.3, -0.25) is 9.79 Å². The summed E-state index contributed by atoms with van der Waals surface area (Å²) in [5, 5.41) is 9.32. The van der Waals surface area contributed by atoms with Crippen molar-refractivity contribution >= 4 is 11.9 Å². The molecule has 1 amide bonds. The molecule has 7 nitrogen and oxygen atoms in total. The zero-order valence-corrected chi connectivity index (χ0v) is 15.0. The van der Waals surface area contributed by atoms with Crippen LogP contribution in [0.25, 0.3) is 0 Å². The van der Waals surface area contributed by atoms with Crippen molar-refractivity contribution in [1.82, 2.24) is 16.0 Å². The van der Waals surface area contributed by atoms with Crippen molar-refractivity contribution in [2.75, 3.05) is 39.9 Å². The van der Waals surface area contributed by atoms with Crippen molar-refractivity contribution in [2.24, 2.45) is 4.99 Å². The maximum atomic E-state index is 11.9. The lowest BCUT2D eigenvalue weighted by molar-refractivity contribution is 0.0925. The molecule has 0 aliphatic carbocycles. The molecule has 0 fully saturated rings. The molecule has 1 aromatic rings. The number of hydrogen-bond acceptors (Lipinski definition) is 4. The van der Waals surface area contributed by atoms with Crippen molar-refractivity contribution in [3.63, 3.8) is 0 Å². The second-order valence-electron chi connectivity index (χ2n) is 5.37. The zero-order chi connectivity index (χ0) is 17.6. The largest absolute Gasteiger partial charge is 0.459 e. The van der Waals surface area contributed by atoms with Gasteiger partial charge in [0.2, 0.25) is 0 Å². The van der Waals surface area contributed by atoms with E-state index in [1.807, 2.05) is 13.8 Å². The van der Waals surface area contributed by atoms with Crippen molar-refractivity contribution in [2.45, 2.75) is 33.1 Å². The summed E-state index contributed by atoms with van der Waals surface area (Å²) in [6.45, 7) is 7.60. The van der Waals surface area contributed by atoms with Crippen LogP contribution in [0.2, 0.25) is 0 Å². The first-order valence-corrected chi connectivity index (χ1v) is 8.53. The van der Waals surface area contributed by atoms with E-state index in [4.69, 9.17) is 9.15 Å². The highest BCUT2D eigenvalue weighted by atomic mass is 16.5. The number of unbranched alkanes of at least 4 members (excludes halogenated alkanes) is 1. The molecular weight excluding hydrogens is 308 g/mol. The fourth-order valence-electron chi connectivity index (χ4n) is 2.08. The molecule has 0 atom stereocenters. The summed E-state index contributed by atoms with van der Waals surface area (Å²) in [5.74, 6) is 0.987. The Morgan fingerprint density at radius 2 is 1.88 bits per heavy atom. The van der Waals surface area contributed by atoms with E-state index in [0.29, 0.717) is 12.3 Å². The quantitative estimate of drug-likeness (QED) is 0.325. The molecule has 1 rings (SSSR count). The van der Waals surface area contributed by atoms with Gasteiger partial charge in [-0.1, -0.05) is 0 Å². The fraction of sp³-hybridized carbons (Fsp3) is 0.647. The molecule has 7 heteroatoms. The number of ether oxygens (including phenoxy) is 1. The van der Waals surface area contributed by atoms with Gasteiger partial charge in [0, 0.05) is 45.5 Å². The molecule has 1 aromatic heterocycles. The number of carbonyl (C=O) groups excluding carboxylic acids is 1. The number of furan rings is 1. The Kier molecular flexibility index (Phi) is 10.4. The Hall–Kier alpha value is -2.02. The number of rotatable bonds is 11. The van der Waals surface area contributed by atoms with Crippen LogP contribution in [0.1, 0.15) is 42.3 Å². The third kappa shape index (κ3) is 8.01. The number of hydrogen-bond donors (Lipinski definition) is 3. The summed E-state index contributed by atoms with van der Waals surface area (Å²) in [7, 11) is 1.75. The van der Waals surface area contributed by atoms with Gasteiger partial charge >= 0.3 is 0 Å². The van der Waals surface area contributed by atoms with E-state index in [0.717, 1.165) is 57.1 Å². The van der Waals surface area contributed by atoms with Gasteiger partial charge in [-0.2, -0.15) is 0 Å². The summed E-state index contributed by atoms with van der Waals surface area (Å²) in [4.78, 5) is 16.0. The summed E-state index contributed by atoms with van der Waals surface area (Å²) in [5.41, 5.74) is 0.847. The molecule has 3 N–H and O–H groups in total. The summed E-state index contributed by atoms with van der Waals surface area (Å²) in [6, 6.07) is 1.78. The van der Waals surface area contributed by atoms with E-state index in [-0.39, 0.29) is 5.91 Å². The van der Waals surface area contributed by atoms with Gasteiger partial charge in [-0.05, 0) is 39.2 Å². The molecule has 136 valence electrons. The minimum absolute atomic E-state index is 0.172. The van der Waals surface area contributed by atoms with Crippen LogP contribution in [-0.4, -0.2) is 51.8 Å². The number of amides is 1. The Bertz CT molecular complexity index is 500. The van der Waals surface area contributed by atoms with Crippen molar-refractivity contribution in [3.05, 3.63) is 23.7 Å². The Morgan fingerprint density at radius 1 is 1.17 bits per heavy atom. The molecule has 0 saturated heterocycles. The van der Waals surface area contributed by atoms with Crippen LogP contribution >= 0.6 is 0 Å². The number of carbonyl (C=O) groups is 1. The highest BCUT2D eigenvalue weighted by Crippen LogP contribution is 2.07. The van der Waals surface area contributed by atoms with Gasteiger partial charge in [0.1, 0.15) is 0 Å². The standard InChI is InChI=1S/C17H30N4O3/c1-4-23-12-6-5-9-20-17(18-3)21-11-7-10-19-16(22)15-14(2)8-13-24-15/h8,13H,4-7,9-12H2,1-3H3,(H,19,22)(H2,18,20,21). The average molecular weight is 338 g/mol. The predicted molar refractivity (Wildman–Crippen MR) is 95.5 cm³/mol. The number of nitrogens with one attached hydrogen (secondary N) is 3. The van der Waals surface area contributed by atoms with Gasteiger partial charge in [0.15, 0.2) is 11.7 Å². The highest BCUT2D eigenvalue weighted by molar-refractivity contribution is 5.92. The normalized spacial score (nSPS) is 11.4. The van der Waals surface area contributed by atoms with Crippen LogP contribution in [0.4, 0.5) is 0 Å². The number of guanidine groups is 1. The lowest BCUT2D eigenvalue weighted by Gasteiger charge is -2.12. The van der Waals surface area contributed by atoms with Crippen LogP contribution in [0.15, 0.2) is 21.7 Å². The molecule has 0 aliphatic rings. The second kappa shape index (κ2) is 12.4. The van der Waals surface area contributed by atoms with Gasteiger partial charge < -0.3 is 25.1 Å². The molecule has 0 spiro atoms. The molecule has 0 aliphatic heterocycles. The van der Waals surface area contributed by atoms with E-state index in [9.17, 15) is 4.79 Å². The van der Waals surface area contributed by atoms with Crippen molar-refractivity contribution < 1.29 is 13.9 Å². The summed E-state index contributed by atoms with van der Waals surface area (Å²) in [6.07, 6.45) is 4.40. The molecular formula is C17H30N4O3. The molecule has 1 heterocycles. The van der Waals surface area contributed by atoms with E-state index >= 15 is 0 Å². The molecule has 0 radical (unpaired) electrons. The van der Waals surface area contributed by atoms with E-state index < -0.39 is 0 Å². The predicted octanol–water partition coefficient (Wildman–Crippen LogP) is 1.69. The third-order valence-corrected chi connectivity index (χ3v) is 3.44. The minimum atomic E-state index is -0.172. The van der Waals surface area contributed by atoms with Crippen molar-refractivity contribution in [3.8, 4) is 0 Å².